The van der Waals surface area contributed by atoms with Crippen molar-refractivity contribution in [3.63, 3.8) is 0 Å². The minimum atomic E-state index is -0.707. The molecule has 2 heterocycles. The van der Waals surface area contributed by atoms with Crippen LogP contribution in [0.2, 0.25) is 0 Å². The molecule has 1 aromatic rings. The number of hydrogen-bond donors (Lipinski definition) is 2. The molecule has 5 heteroatoms. The lowest BCUT2D eigenvalue weighted by molar-refractivity contribution is -0.0185. The molecule has 2 rings (SSSR count). The summed E-state index contributed by atoms with van der Waals surface area (Å²) in [6.45, 7) is 1.23. The molecule has 0 saturated carbocycles. The minimum Gasteiger partial charge on any atom is -0.381 e. The van der Waals surface area contributed by atoms with Crippen LogP contribution in [0.25, 0.3) is 0 Å². The third kappa shape index (κ3) is 2.31. The molecule has 13 heavy (non-hydrogen) atoms. The fourth-order valence-electron chi connectivity index (χ4n) is 1.18. The first-order valence-corrected chi connectivity index (χ1v) is 3.66. The Hall–Kier alpha value is -0.350. The molecule has 1 aliphatic heterocycles. The largest absolute Gasteiger partial charge is 0.381 e. The number of rotatable bonds is 1. The van der Waals surface area contributed by atoms with Gasteiger partial charge in [0.1, 0.15) is 5.60 Å². The van der Waals surface area contributed by atoms with Gasteiger partial charge < -0.3 is 10.4 Å². The first-order valence-electron chi connectivity index (χ1n) is 3.66. The van der Waals surface area contributed by atoms with Gasteiger partial charge >= 0.3 is 0 Å². The van der Waals surface area contributed by atoms with Crippen molar-refractivity contribution in [2.75, 3.05) is 13.1 Å². The molecular weight excluding hydrogens is 211 g/mol. The van der Waals surface area contributed by atoms with E-state index >= 15 is 0 Å². The normalized spacial score (nSPS) is 17.6. The molecule has 0 radical (unpaired) electrons. The van der Waals surface area contributed by atoms with E-state index in [9.17, 15) is 5.11 Å². The summed E-state index contributed by atoms with van der Waals surface area (Å²) in [4.78, 5) is 4.08. The van der Waals surface area contributed by atoms with E-state index in [1.807, 2.05) is 18.2 Å². The Morgan fingerprint density at radius 1 is 1.31 bits per heavy atom. The molecule has 2 N–H and O–H groups in total. The number of β-amino-alcohol motifs (C(OH)–C–C–N with tert-alkyl or cyclic N) is 1. The van der Waals surface area contributed by atoms with Crippen LogP contribution in [0.4, 0.5) is 0 Å². The second-order valence-electron chi connectivity index (χ2n) is 2.85. The number of hydrogen-bond acceptors (Lipinski definition) is 3. The Kier molecular flexibility index (Phi) is 4.64. The summed E-state index contributed by atoms with van der Waals surface area (Å²) in [5, 5.41) is 12.8. The van der Waals surface area contributed by atoms with Crippen LogP contribution in [0.15, 0.2) is 24.4 Å². The average Bonchev–Trinajstić information content (AvgIpc) is 2.02. The lowest BCUT2D eigenvalue weighted by atomic mass is 9.93. The molecule has 0 amide bonds. The molecule has 1 aromatic heterocycles. The first-order chi connectivity index (χ1) is 5.31. The molecule has 0 aliphatic carbocycles. The van der Waals surface area contributed by atoms with Crippen molar-refractivity contribution >= 4 is 24.8 Å². The summed E-state index contributed by atoms with van der Waals surface area (Å²) in [5.74, 6) is 0. The van der Waals surface area contributed by atoms with E-state index in [-0.39, 0.29) is 24.8 Å². The molecule has 1 saturated heterocycles. The maximum Gasteiger partial charge on any atom is 0.131 e. The summed E-state index contributed by atoms with van der Waals surface area (Å²) in [7, 11) is 0. The quantitative estimate of drug-likeness (QED) is 0.737. The zero-order valence-electron chi connectivity index (χ0n) is 6.93. The van der Waals surface area contributed by atoms with Crippen LogP contribution in [-0.4, -0.2) is 23.2 Å². The molecule has 0 bridgehead atoms. The van der Waals surface area contributed by atoms with Crippen LogP contribution in [0.5, 0.6) is 0 Å². The van der Waals surface area contributed by atoms with Crippen LogP contribution in [0, 0.1) is 0 Å². The van der Waals surface area contributed by atoms with Gasteiger partial charge in [0.25, 0.3) is 0 Å². The van der Waals surface area contributed by atoms with Gasteiger partial charge in [-0.25, -0.2) is 0 Å². The van der Waals surface area contributed by atoms with Crippen molar-refractivity contribution in [3.8, 4) is 0 Å². The Morgan fingerprint density at radius 2 is 2.00 bits per heavy atom. The van der Waals surface area contributed by atoms with Gasteiger partial charge in [0.05, 0.1) is 5.69 Å². The van der Waals surface area contributed by atoms with Crippen LogP contribution in [-0.2, 0) is 5.60 Å². The number of aromatic nitrogens is 1. The summed E-state index contributed by atoms with van der Waals surface area (Å²) >= 11 is 0. The van der Waals surface area contributed by atoms with Gasteiger partial charge in [-0.2, -0.15) is 0 Å². The third-order valence-corrected chi connectivity index (χ3v) is 1.98. The minimum absolute atomic E-state index is 0. The second-order valence-corrected chi connectivity index (χ2v) is 2.85. The highest BCUT2D eigenvalue weighted by Gasteiger charge is 2.37. The zero-order valence-corrected chi connectivity index (χ0v) is 8.57. The van der Waals surface area contributed by atoms with Crippen LogP contribution < -0.4 is 5.32 Å². The molecule has 74 valence electrons. The van der Waals surface area contributed by atoms with E-state index in [2.05, 4.69) is 10.3 Å². The van der Waals surface area contributed by atoms with Crippen molar-refractivity contribution < 1.29 is 5.11 Å². The number of nitrogens with one attached hydrogen (secondary N) is 1. The maximum atomic E-state index is 9.76. The van der Waals surface area contributed by atoms with E-state index in [0.29, 0.717) is 13.1 Å². The molecule has 0 atom stereocenters. The smallest absolute Gasteiger partial charge is 0.131 e. The molecule has 0 unspecified atom stereocenters. The molecule has 0 spiro atoms. The van der Waals surface area contributed by atoms with Crippen LogP contribution >= 0.6 is 24.8 Å². The summed E-state index contributed by atoms with van der Waals surface area (Å²) in [6.07, 6.45) is 1.70. The highest BCUT2D eigenvalue weighted by atomic mass is 35.5. The first kappa shape index (κ1) is 12.7. The predicted octanol–water partition coefficient (Wildman–Crippen LogP) is 0.716. The van der Waals surface area contributed by atoms with Gasteiger partial charge in [0.15, 0.2) is 0 Å². The van der Waals surface area contributed by atoms with E-state index in [1.54, 1.807) is 6.20 Å². The van der Waals surface area contributed by atoms with Gasteiger partial charge in [0.2, 0.25) is 0 Å². The Balaban J connectivity index is 0.000000720. The lowest BCUT2D eigenvalue weighted by Gasteiger charge is -2.36. The van der Waals surface area contributed by atoms with Gasteiger partial charge in [-0.1, -0.05) is 6.07 Å². The van der Waals surface area contributed by atoms with Gasteiger partial charge in [-0.15, -0.1) is 24.8 Å². The molecule has 0 aromatic carbocycles. The number of pyridine rings is 1. The highest BCUT2D eigenvalue weighted by Crippen LogP contribution is 2.22. The van der Waals surface area contributed by atoms with Gasteiger partial charge in [-0.05, 0) is 12.1 Å². The molecular formula is C8H12Cl2N2O. The van der Waals surface area contributed by atoms with Crippen LogP contribution in [0.1, 0.15) is 5.69 Å². The standard InChI is InChI=1S/C8H10N2O.2ClH/c11-8(5-9-6-8)7-3-1-2-4-10-7;;/h1-4,9,11H,5-6H2;2*1H. The van der Waals surface area contributed by atoms with E-state index in [1.165, 1.54) is 0 Å². The second kappa shape index (κ2) is 4.77. The van der Waals surface area contributed by atoms with E-state index < -0.39 is 5.60 Å². The van der Waals surface area contributed by atoms with Crippen LogP contribution in [0.3, 0.4) is 0 Å². The molecule has 1 aliphatic rings. The van der Waals surface area contributed by atoms with Crippen molar-refractivity contribution in [1.82, 2.24) is 10.3 Å². The van der Waals surface area contributed by atoms with Crippen molar-refractivity contribution in [3.05, 3.63) is 30.1 Å². The number of aliphatic hydroxyl groups is 1. The zero-order chi connectivity index (χ0) is 7.73. The van der Waals surface area contributed by atoms with Gasteiger partial charge in [0, 0.05) is 19.3 Å². The molecule has 3 nitrogen and oxygen atoms in total. The van der Waals surface area contributed by atoms with Crippen molar-refractivity contribution in [1.29, 1.82) is 0 Å². The Bertz CT molecular complexity index is 252. The molecule has 1 fully saturated rings. The fraction of sp³-hybridized carbons (Fsp3) is 0.375. The topological polar surface area (TPSA) is 45.2 Å². The monoisotopic (exact) mass is 222 g/mol. The van der Waals surface area contributed by atoms with Crippen molar-refractivity contribution in [2.45, 2.75) is 5.60 Å². The number of nitrogens with zero attached hydrogens (tertiary/aromatic N) is 1. The van der Waals surface area contributed by atoms with E-state index in [4.69, 9.17) is 0 Å². The Labute approximate surface area is 89.4 Å². The summed E-state index contributed by atoms with van der Waals surface area (Å²) in [6, 6.07) is 5.58. The summed E-state index contributed by atoms with van der Waals surface area (Å²) < 4.78 is 0. The average molecular weight is 223 g/mol. The van der Waals surface area contributed by atoms with Crippen molar-refractivity contribution in [2.24, 2.45) is 0 Å². The SMILES string of the molecule is Cl.Cl.OC1(c2ccccn2)CNC1. The fourth-order valence-corrected chi connectivity index (χ4v) is 1.18. The van der Waals surface area contributed by atoms with E-state index in [0.717, 1.165) is 5.69 Å². The summed E-state index contributed by atoms with van der Waals surface area (Å²) in [5.41, 5.74) is 0.0556. The Morgan fingerprint density at radius 3 is 2.38 bits per heavy atom. The third-order valence-electron chi connectivity index (χ3n) is 1.98. The predicted molar refractivity (Wildman–Crippen MR) is 55.5 cm³/mol. The highest BCUT2D eigenvalue weighted by molar-refractivity contribution is 5.85. The number of halogens is 2. The lowest BCUT2D eigenvalue weighted by Crippen LogP contribution is -2.57. The van der Waals surface area contributed by atoms with Gasteiger partial charge in [-0.3, -0.25) is 4.98 Å². The maximum absolute atomic E-state index is 9.76.